The first-order valence-corrected chi connectivity index (χ1v) is 4.94. The van der Waals surface area contributed by atoms with Crippen LogP contribution < -0.4 is 10.1 Å². The molecule has 0 radical (unpaired) electrons. The van der Waals surface area contributed by atoms with E-state index in [1.54, 1.807) is 7.05 Å². The predicted molar refractivity (Wildman–Crippen MR) is 58.6 cm³/mol. The second-order valence-corrected chi connectivity index (χ2v) is 3.23. The molecular formula is C9H14N4O3. The van der Waals surface area contributed by atoms with Gasteiger partial charge < -0.3 is 10.1 Å². The second kappa shape index (κ2) is 5.24. The number of hydrogen-bond acceptors (Lipinski definition) is 6. The molecule has 0 saturated heterocycles. The van der Waals surface area contributed by atoms with Crippen LogP contribution in [0.4, 0.5) is 11.6 Å². The van der Waals surface area contributed by atoms with Gasteiger partial charge in [-0.1, -0.05) is 6.92 Å². The van der Waals surface area contributed by atoms with E-state index in [0.717, 1.165) is 12.6 Å². The first-order chi connectivity index (χ1) is 7.58. The van der Waals surface area contributed by atoms with Crippen molar-refractivity contribution in [2.24, 2.45) is 0 Å². The molecule has 0 aliphatic rings. The third kappa shape index (κ3) is 2.78. The van der Waals surface area contributed by atoms with Crippen molar-refractivity contribution in [2.45, 2.75) is 26.4 Å². The van der Waals surface area contributed by atoms with Crippen molar-refractivity contribution in [1.29, 1.82) is 0 Å². The molecule has 0 aromatic carbocycles. The summed E-state index contributed by atoms with van der Waals surface area (Å²) < 4.78 is 5.37. The van der Waals surface area contributed by atoms with Gasteiger partial charge in [0, 0.05) is 7.05 Å². The summed E-state index contributed by atoms with van der Waals surface area (Å²) in [4.78, 5) is 17.8. The Morgan fingerprint density at radius 1 is 1.69 bits per heavy atom. The van der Waals surface area contributed by atoms with E-state index in [4.69, 9.17) is 4.74 Å². The van der Waals surface area contributed by atoms with E-state index in [1.807, 2.05) is 13.8 Å². The van der Waals surface area contributed by atoms with Crippen LogP contribution in [-0.2, 0) is 0 Å². The van der Waals surface area contributed by atoms with E-state index in [-0.39, 0.29) is 17.7 Å². The second-order valence-electron chi connectivity index (χ2n) is 3.23. The van der Waals surface area contributed by atoms with Gasteiger partial charge in [0.2, 0.25) is 5.95 Å². The molecule has 0 aliphatic heterocycles. The van der Waals surface area contributed by atoms with Gasteiger partial charge in [-0.25, -0.2) is 4.98 Å². The van der Waals surface area contributed by atoms with Crippen LogP contribution in [0.3, 0.4) is 0 Å². The smallest absolute Gasteiger partial charge is 0.349 e. The van der Waals surface area contributed by atoms with Gasteiger partial charge in [-0.2, -0.15) is 4.98 Å². The first-order valence-electron chi connectivity index (χ1n) is 4.94. The number of aromatic nitrogens is 2. The number of hydrogen-bond donors (Lipinski definition) is 1. The fraction of sp³-hybridized carbons (Fsp3) is 0.556. The third-order valence-corrected chi connectivity index (χ3v) is 2.04. The monoisotopic (exact) mass is 226 g/mol. The summed E-state index contributed by atoms with van der Waals surface area (Å²) in [6.45, 7) is 3.75. The molecule has 7 nitrogen and oxygen atoms in total. The Balaban J connectivity index is 3.05. The largest absolute Gasteiger partial charge is 0.470 e. The molecule has 1 N–H and O–H groups in total. The lowest BCUT2D eigenvalue weighted by atomic mass is 10.3. The lowest BCUT2D eigenvalue weighted by Gasteiger charge is -2.11. The van der Waals surface area contributed by atoms with E-state index in [9.17, 15) is 10.1 Å². The summed E-state index contributed by atoms with van der Waals surface area (Å²) in [6, 6.07) is 0. The summed E-state index contributed by atoms with van der Waals surface area (Å²) >= 11 is 0. The summed E-state index contributed by atoms with van der Waals surface area (Å²) in [5.41, 5.74) is -0.223. The number of ether oxygens (including phenoxy) is 1. The van der Waals surface area contributed by atoms with Crippen LogP contribution in [0.25, 0.3) is 0 Å². The minimum absolute atomic E-state index is 0.00120. The molecule has 0 aliphatic carbocycles. The number of nitrogens with one attached hydrogen (secondary N) is 1. The van der Waals surface area contributed by atoms with E-state index < -0.39 is 4.92 Å². The number of nitrogens with zero attached hydrogens (tertiary/aromatic N) is 3. The molecule has 1 heterocycles. The van der Waals surface area contributed by atoms with Gasteiger partial charge in [-0.05, 0) is 13.3 Å². The Morgan fingerprint density at radius 2 is 2.38 bits per heavy atom. The maximum Gasteiger partial charge on any atom is 0.349 e. The maximum absolute atomic E-state index is 10.7. The van der Waals surface area contributed by atoms with Gasteiger partial charge in [0.15, 0.2) is 0 Å². The molecule has 1 aromatic heterocycles. The van der Waals surface area contributed by atoms with E-state index in [0.29, 0.717) is 5.95 Å². The van der Waals surface area contributed by atoms with Crippen molar-refractivity contribution in [3.63, 3.8) is 0 Å². The lowest BCUT2D eigenvalue weighted by molar-refractivity contribution is -0.386. The molecule has 0 spiro atoms. The van der Waals surface area contributed by atoms with Gasteiger partial charge in [0.25, 0.3) is 5.88 Å². The number of anilines is 1. The molecule has 0 fully saturated rings. The average Bonchev–Trinajstić information content (AvgIpc) is 2.28. The van der Waals surface area contributed by atoms with Gasteiger partial charge in [-0.15, -0.1) is 0 Å². The minimum atomic E-state index is -0.558. The standard InChI is InChI=1S/C9H14N4O3/c1-4-6(2)16-8-7(13(14)15)5-11-9(10-3)12-8/h5-6H,4H2,1-3H3,(H,10,11,12). The zero-order chi connectivity index (χ0) is 12.1. The highest BCUT2D eigenvalue weighted by Gasteiger charge is 2.20. The van der Waals surface area contributed by atoms with Crippen molar-refractivity contribution >= 4 is 11.6 Å². The minimum Gasteiger partial charge on any atom is -0.470 e. The highest BCUT2D eigenvalue weighted by Crippen LogP contribution is 2.25. The molecular weight excluding hydrogens is 212 g/mol. The zero-order valence-electron chi connectivity index (χ0n) is 9.43. The number of nitro groups is 1. The highest BCUT2D eigenvalue weighted by molar-refractivity contribution is 5.42. The van der Waals surface area contributed by atoms with Gasteiger partial charge in [0.1, 0.15) is 6.20 Å². The van der Waals surface area contributed by atoms with Gasteiger partial charge >= 0.3 is 5.69 Å². The summed E-state index contributed by atoms with van der Waals surface area (Å²) in [5.74, 6) is 0.294. The van der Waals surface area contributed by atoms with Crippen LogP contribution in [0.2, 0.25) is 0 Å². The Hall–Kier alpha value is -1.92. The molecule has 0 bridgehead atoms. The van der Waals surface area contributed by atoms with Crippen molar-refractivity contribution in [3.05, 3.63) is 16.3 Å². The molecule has 16 heavy (non-hydrogen) atoms. The quantitative estimate of drug-likeness (QED) is 0.605. The molecule has 7 heteroatoms. The SMILES string of the molecule is CCC(C)Oc1nc(NC)ncc1[N+](=O)[O-]. The van der Waals surface area contributed by atoms with E-state index >= 15 is 0 Å². The summed E-state index contributed by atoms with van der Waals surface area (Å²) in [5, 5.41) is 13.4. The fourth-order valence-electron chi connectivity index (χ4n) is 0.966. The molecule has 88 valence electrons. The van der Waals surface area contributed by atoms with Crippen LogP contribution in [0.1, 0.15) is 20.3 Å². The Kier molecular flexibility index (Phi) is 3.98. The molecule has 1 aromatic rings. The Labute approximate surface area is 93.0 Å². The zero-order valence-corrected chi connectivity index (χ0v) is 9.43. The van der Waals surface area contributed by atoms with Crippen molar-refractivity contribution in [1.82, 2.24) is 9.97 Å². The summed E-state index contributed by atoms with van der Waals surface area (Å²) in [6.07, 6.45) is 1.75. The summed E-state index contributed by atoms with van der Waals surface area (Å²) in [7, 11) is 1.63. The number of rotatable bonds is 5. The van der Waals surface area contributed by atoms with Crippen LogP contribution in [0.15, 0.2) is 6.20 Å². The van der Waals surface area contributed by atoms with Crippen molar-refractivity contribution in [2.75, 3.05) is 12.4 Å². The molecule has 1 atom stereocenters. The maximum atomic E-state index is 10.7. The first kappa shape index (κ1) is 12.2. The average molecular weight is 226 g/mol. The highest BCUT2D eigenvalue weighted by atomic mass is 16.6. The van der Waals surface area contributed by atoms with Crippen molar-refractivity contribution in [3.8, 4) is 5.88 Å². The topological polar surface area (TPSA) is 90.2 Å². The molecule has 0 amide bonds. The lowest BCUT2D eigenvalue weighted by Crippen LogP contribution is -2.13. The van der Waals surface area contributed by atoms with E-state index in [1.165, 1.54) is 0 Å². The van der Waals surface area contributed by atoms with Crippen LogP contribution in [-0.4, -0.2) is 28.0 Å². The molecule has 1 unspecified atom stereocenters. The molecule has 1 rings (SSSR count). The van der Waals surface area contributed by atoms with Crippen LogP contribution in [0.5, 0.6) is 5.88 Å². The van der Waals surface area contributed by atoms with E-state index in [2.05, 4.69) is 15.3 Å². The predicted octanol–water partition coefficient (Wildman–Crippen LogP) is 1.60. The van der Waals surface area contributed by atoms with Crippen molar-refractivity contribution < 1.29 is 9.66 Å². The Bertz CT molecular complexity index is 383. The van der Waals surface area contributed by atoms with Crippen LogP contribution >= 0.6 is 0 Å². The van der Waals surface area contributed by atoms with Gasteiger partial charge in [-0.3, -0.25) is 10.1 Å². The molecule has 0 saturated carbocycles. The van der Waals surface area contributed by atoms with Crippen LogP contribution in [0, 0.1) is 10.1 Å². The Morgan fingerprint density at radius 3 is 2.88 bits per heavy atom. The fourth-order valence-corrected chi connectivity index (χ4v) is 0.966. The third-order valence-electron chi connectivity index (χ3n) is 2.04. The van der Waals surface area contributed by atoms with Gasteiger partial charge in [0.05, 0.1) is 11.0 Å². The normalized spacial score (nSPS) is 11.9.